The molecule has 0 unspecified atom stereocenters. The topological polar surface area (TPSA) is 33.7 Å². The van der Waals surface area contributed by atoms with Gasteiger partial charge in [0.15, 0.2) is 10.8 Å². The molecule has 140 valence electrons. The second-order valence-electron chi connectivity index (χ2n) is 7.27. The third-order valence-corrected chi connectivity index (χ3v) is 5.56. The molecule has 0 radical (unpaired) electrons. The minimum Gasteiger partial charge on any atom is -0.467 e. The zero-order valence-electron chi connectivity index (χ0n) is 15.5. The van der Waals surface area contributed by atoms with Crippen molar-refractivity contribution in [1.29, 1.82) is 0 Å². The van der Waals surface area contributed by atoms with Crippen LogP contribution in [0.2, 0.25) is 0 Å². The largest absolute Gasteiger partial charge is 0.467 e. The molecule has 0 saturated carbocycles. The SMILES string of the molecule is C[C@@]12C[C@@H](NC(=S)N1c1ccc(Oc3ccccc3)cc1)c1ccccc1O2. The first kappa shape index (κ1) is 17.1. The molecule has 28 heavy (non-hydrogen) atoms. The molecule has 5 heteroatoms. The summed E-state index contributed by atoms with van der Waals surface area (Å²) in [5.74, 6) is 2.50. The Morgan fingerprint density at radius 1 is 0.964 bits per heavy atom. The van der Waals surface area contributed by atoms with Crippen LogP contribution in [0, 0.1) is 0 Å². The zero-order chi connectivity index (χ0) is 19.1. The van der Waals surface area contributed by atoms with Gasteiger partial charge < -0.3 is 14.8 Å². The molecule has 4 nitrogen and oxygen atoms in total. The number of nitrogens with zero attached hydrogens (tertiary/aromatic N) is 1. The number of nitrogens with one attached hydrogen (secondary N) is 1. The Labute approximate surface area is 169 Å². The maximum atomic E-state index is 6.42. The van der Waals surface area contributed by atoms with Gasteiger partial charge in [-0.3, -0.25) is 4.90 Å². The lowest BCUT2D eigenvalue weighted by Crippen LogP contribution is -2.65. The fourth-order valence-electron chi connectivity index (χ4n) is 4.00. The van der Waals surface area contributed by atoms with Crippen molar-refractivity contribution < 1.29 is 9.47 Å². The Balaban J connectivity index is 1.44. The Morgan fingerprint density at radius 3 is 2.43 bits per heavy atom. The minimum atomic E-state index is -0.539. The van der Waals surface area contributed by atoms with Crippen molar-refractivity contribution in [2.75, 3.05) is 4.90 Å². The maximum absolute atomic E-state index is 6.42. The Morgan fingerprint density at radius 2 is 1.64 bits per heavy atom. The number of benzene rings is 3. The fourth-order valence-corrected chi connectivity index (χ4v) is 4.44. The van der Waals surface area contributed by atoms with E-state index in [9.17, 15) is 0 Å². The molecule has 2 atom stereocenters. The molecule has 3 aromatic carbocycles. The lowest BCUT2D eigenvalue weighted by molar-refractivity contribution is 0.0498. The summed E-state index contributed by atoms with van der Waals surface area (Å²) in [7, 11) is 0. The molecule has 2 aliphatic heterocycles. The van der Waals surface area contributed by atoms with Crippen molar-refractivity contribution in [1.82, 2.24) is 5.32 Å². The van der Waals surface area contributed by atoms with E-state index < -0.39 is 5.72 Å². The fraction of sp³-hybridized carbons (Fsp3) is 0.174. The molecule has 0 aliphatic carbocycles. The van der Waals surface area contributed by atoms with Gasteiger partial charge in [-0.15, -0.1) is 0 Å². The van der Waals surface area contributed by atoms with Crippen molar-refractivity contribution in [3.8, 4) is 17.2 Å². The number of thiocarbonyl (C=S) groups is 1. The van der Waals surface area contributed by atoms with E-state index >= 15 is 0 Å². The highest BCUT2D eigenvalue weighted by molar-refractivity contribution is 7.80. The van der Waals surface area contributed by atoms with E-state index in [0.717, 1.165) is 34.9 Å². The third-order valence-electron chi connectivity index (χ3n) is 5.25. The molecule has 2 aliphatic rings. The summed E-state index contributed by atoms with van der Waals surface area (Å²) in [5.41, 5.74) is 1.59. The number of ether oxygens (including phenoxy) is 2. The standard InChI is InChI=1S/C23H20N2O2S/c1-23-15-20(19-9-5-6-10-21(19)27-23)24-22(28)25(23)16-11-13-18(14-12-16)26-17-7-3-2-4-8-17/h2-14,20H,15H2,1H3,(H,24,28)/t20-,23-/m1/s1. The molecule has 2 bridgehead atoms. The quantitative estimate of drug-likeness (QED) is 0.607. The van der Waals surface area contributed by atoms with Gasteiger partial charge in [-0.1, -0.05) is 36.4 Å². The average Bonchev–Trinajstić information content (AvgIpc) is 2.69. The van der Waals surface area contributed by atoms with Crippen molar-refractivity contribution in [3.05, 3.63) is 84.4 Å². The van der Waals surface area contributed by atoms with Gasteiger partial charge in [-0.05, 0) is 61.6 Å². The van der Waals surface area contributed by atoms with E-state index in [4.69, 9.17) is 21.7 Å². The van der Waals surface area contributed by atoms with Crippen LogP contribution in [0.15, 0.2) is 78.9 Å². The highest BCUT2D eigenvalue weighted by Crippen LogP contribution is 2.45. The van der Waals surface area contributed by atoms with E-state index in [2.05, 4.69) is 23.2 Å². The van der Waals surface area contributed by atoms with Gasteiger partial charge in [0.1, 0.15) is 17.2 Å². The van der Waals surface area contributed by atoms with Crippen LogP contribution in [0.3, 0.4) is 0 Å². The highest BCUT2D eigenvalue weighted by Gasteiger charge is 2.48. The molecule has 0 aromatic heterocycles. The molecule has 1 fully saturated rings. The van der Waals surface area contributed by atoms with Gasteiger partial charge in [0.25, 0.3) is 0 Å². The van der Waals surface area contributed by atoms with Gasteiger partial charge in [0.2, 0.25) is 0 Å². The second kappa shape index (κ2) is 6.53. The monoisotopic (exact) mass is 388 g/mol. The Hall–Kier alpha value is -3.05. The van der Waals surface area contributed by atoms with E-state index in [1.54, 1.807) is 0 Å². The van der Waals surface area contributed by atoms with Crippen LogP contribution in [0.5, 0.6) is 17.2 Å². The van der Waals surface area contributed by atoms with E-state index in [-0.39, 0.29) is 6.04 Å². The minimum absolute atomic E-state index is 0.166. The van der Waals surface area contributed by atoms with Gasteiger partial charge in [-0.25, -0.2) is 0 Å². The first-order chi connectivity index (χ1) is 13.6. The Kier molecular flexibility index (Phi) is 3.98. The molecule has 1 saturated heterocycles. The van der Waals surface area contributed by atoms with Gasteiger partial charge in [0, 0.05) is 17.7 Å². The number of rotatable bonds is 3. The van der Waals surface area contributed by atoms with Crippen molar-refractivity contribution in [2.45, 2.75) is 25.1 Å². The highest BCUT2D eigenvalue weighted by atomic mass is 32.1. The summed E-state index contributed by atoms with van der Waals surface area (Å²) in [4.78, 5) is 2.06. The van der Waals surface area contributed by atoms with Crippen molar-refractivity contribution in [2.24, 2.45) is 0 Å². The van der Waals surface area contributed by atoms with Crippen molar-refractivity contribution >= 4 is 23.0 Å². The molecular weight excluding hydrogens is 368 g/mol. The Bertz CT molecular complexity index is 1020. The molecule has 5 rings (SSSR count). The van der Waals surface area contributed by atoms with Crippen LogP contribution < -0.4 is 19.7 Å². The third kappa shape index (κ3) is 2.88. The second-order valence-corrected chi connectivity index (χ2v) is 7.65. The lowest BCUT2D eigenvalue weighted by atomic mass is 9.90. The smallest absolute Gasteiger partial charge is 0.188 e. The van der Waals surface area contributed by atoms with Gasteiger partial charge in [0.05, 0.1) is 6.04 Å². The predicted molar refractivity (Wildman–Crippen MR) is 114 cm³/mol. The number of hydrogen-bond acceptors (Lipinski definition) is 3. The van der Waals surface area contributed by atoms with Crippen LogP contribution in [-0.2, 0) is 0 Å². The van der Waals surface area contributed by atoms with Crippen LogP contribution in [0.4, 0.5) is 5.69 Å². The van der Waals surface area contributed by atoms with Gasteiger partial charge >= 0.3 is 0 Å². The molecule has 3 aromatic rings. The first-order valence-electron chi connectivity index (χ1n) is 9.34. The summed E-state index contributed by atoms with van der Waals surface area (Å²) in [5, 5.41) is 4.15. The molecule has 1 N–H and O–H groups in total. The summed E-state index contributed by atoms with van der Waals surface area (Å²) < 4.78 is 12.3. The van der Waals surface area contributed by atoms with E-state index in [1.165, 1.54) is 0 Å². The molecule has 0 spiro atoms. The molecule has 0 amide bonds. The van der Waals surface area contributed by atoms with E-state index in [0.29, 0.717) is 5.11 Å². The number of fused-ring (bicyclic) bond motifs is 4. The van der Waals surface area contributed by atoms with Crippen molar-refractivity contribution in [3.63, 3.8) is 0 Å². The predicted octanol–water partition coefficient (Wildman–Crippen LogP) is 5.41. The number of para-hydroxylation sites is 2. The lowest BCUT2D eigenvalue weighted by Gasteiger charge is -2.52. The summed E-state index contributed by atoms with van der Waals surface area (Å²) in [6.07, 6.45) is 0.812. The summed E-state index contributed by atoms with van der Waals surface area (Å²) in [6.45, 7) is 2.09. The zero-order valence-corrected chi connectivity index (χ0v) is 16.3. The number of hydrogen-bond donors (Lipinski definition) is 1. The summed E-state index contributed by atoms with van der Waals surface area (Å²) >= 11 is 5.71. The first-order valence-corrected chi connectivity index (χ1v) is 9.75. The van der Waals surface area contributed by atoms with Crippen LogP contribution in [0.25, 0.3) is 0 Å². The van der Waals surface area contributed by atoms with Crippen LogP contribution in [0.1, 0.15) is 24.9 Å². The molecule has 2 heterocycles. The number of anilines is 1. The molecular formula is C23H20N2O2S. The van der Waals surface area contributed by atoms with E-state index in [1.807, 2.05) is 72.8 Å². The summed E-state index contributed by atoms with van der Waals surface area (Å²) in [6, 6.07) is 26.0. The van der Waals surface area contributed by atoms with Crippen LogP contribution >= 0.6 is 12.2 Å². The maximum Gasteiger partial charge on any atom is 0.188 e. The van der Waals surface area contributed by atoms with Gasteiger partial charge in [-0.2, -0.15) is 0 Å². The average molecular weight is 388 g/mol. The van der Waals surface area contributed by atoms with Crippen LogP contribution in [-0.4, -0.2) is 10.8 Å². The normalized spacial score (nSPS) is 22.7.